The number of phenols is 2. The molecule has 1 aromatic carbocycles. The van der Waals surface area contributed by atoms with Crippen LogP contribution >= 0.6 is 15.9 Å². The molecule has 4 heteroatoms. The van der Waals surface area contributed by atoms with Gasteiger partial charge in [-0.15, -0.1) is 0 Å². The molecular formula is C10H11BrO3. The molecular weight excluding hydrogens is 248 g/mol. The summed E-state index contributed by atoms with van der Waals surface area (Å²) < 4.78 is 0.395. The molecule has 3 nitrogen and oxygen atoms in total. The molecule has 0 aliphatic rings. The van der Waals surface area contributed by atoms with Gasteiger partial charge in [-0.3, -0.25) is 4.79 Å². The summed E-state index contributed by atoms with van der Waals surface area (Å²) in [6, 6.07) is 1.42. The summed E-state index contributed by atoms with van der Waals surface area (Å²) in [7, 11) is 0. The Kier molecular flexibility index (Phi) is 3.16. The third kappa shape index (κ3) is 1.75. The molecule has 14 heavy (non-hydrogen) atoms. The first-order chi connectivity index (χ1) is 6.49. The third-order valence-corrected chi connectivity index (χ3v) is 2.66. The van der Waals surface area contributed by atoms with Gasteiger partial charge in [0.2, 0.25) is 0 Å². The standard InChI is InChI=1S/C10H11BrO3/c1-5(2)9-8(13)3-7(11)6(4-12)10(9)14/h3-5,13-14H,1-2H3. The van der Waals surface area contributed by atoms with Crippen LogP contribution in [0.5, 0.6) is 11.5 Å². The Balaban J connectivity index is 3.51. The van der Waals surface area contributed by atoms with Crippen LogP contribution in [0.1, 0.15) is 35.7 Å². The maximum absolute atomic E-state index is 10.7. The lowest BCUT2D eigenvalue weighted by Gasteiger charge is -2.13. The van der Waals surface area contributed by atoms with Crippen LogP contribution in [0.25, 0.3) is 0 Å². The van der Waals surface area contributed by atoms with Crippen LogP contribution in [0, 0.1) is 0 Å². The van der Waals surface area contributed by atoms with Crippen molar-refractivity contribution in [3.63, 3.8) is 0 Å². The van der Waals surface area contributed by atoms with E-state index < -0.39 is 0 Å². The minimum atomic E-state index is -0.151. The predicted molar refractivity (Wildman–Crippen MR) is 56.9 cm³/mol. The molecule has 0 aliphatic heterocycles. The Morgan fingerprint density at radius 2 is 2.00 bits per heavy atom. The number of benzene rings is 1. The van der Waals surface area contributed by atoms with Crippen LogP contribution in [0.4, 0.5) is 0 Å². The normalized spacial score (nSPS) is 10.6. The van der Waals surface area contributed by atoms with Crippen LogP contribution in [0.2, 0.25) is 0 Å². The maximum atomic E-state index is 10.7. The van der Waals surface area contributed by atoms with Crippen molar-refractivity contribution in [3.8, 4) is 11.5 Å². The highest BCUT2D eigenvalue weighted by atomic mass is 79.9. The Morgan fingerprint density at radius 1 is 1.43 bits per heavy atom. The van der Waals surface area contributed by atoms with Crippen LogP contribution in [0.15, 0.2) is 10.5 Å². The van der Waals surface area contributed by atoms with Gasteiger partial charge in [0.15, 0.2) is 6.29 Å². The van der Waals surface area contributed by atoms with Gasteiger partial charge in [-0.2, -0.15) is 0 Å². The fourth-order valence-electron chi connectivity index (χ4n) is 1.34. The predicted octanol–water partition coefficient (Wildman–Crippen LogP) is 2.80. The highest BCUT2D eigenvalue weighted by molar-refractivity contribution is 9.10. The number of aromatic hydroxyl groups is 2. The second-order valence-electron chi connectivity index (χ2n) is 3.33. The summed E-state index contributed by atoms with van der Waals surface area (Å²) in [5, 5.41) is 19.3. The number of rotatable bonds is 2. The summed E-state index contributed by atoms with van der Waals surface area (Å²) in [5.74, 6) is -0.196. The minimum Gasteiger partial charge on any atom is -0.507 e. The number of carbonyl (C=O) groups excluding carboxylic acids is 1. The molecule has 1 rings (SSSR count). The van der Waals surface area contributed by atoms with E-state index in [1.807, 2.05) is 13.8 Å². The van der Waals surface area contributed by atoms with Gasteiger partial charge >= 0.3 is 0 Å². The van der Waals surface area contributed by atoms with E-state index in [1.54, 1.807) is 0 Å². The van der Waals surface area contributed by atoms with E-state index in [9.17, 15) is 15.0 Å². The highest BCUT2D eigenvalue weighted by Crippen LogP contribution is 2.39. The number of carbonyl (C=O) groups is 1. The molecule has 0 aliphatic carbocycles. The van der Waals surface area contributed by atoms with E-state index in [2.05, 4.69) is 15.9 Å². The quantitative estimate of drug-likeness (QED) is 0.803. The molecule has 0 unspecified atom stereocenters. The van der Waals surface area contributed by atoms with Crippen molar-refractivity contribution in [2.45, 2.75) is 19.8 Å². The summed E-state index contributed by atoms with van der Waals surface area (Å²) in [6.07, 6.45) is 0.560. The zero-order chi connectivity index (χ0) is 10.9. The van der Waals surface area contributed by atoms with Gasteiger partial charge in [-0.1, -0.05) is 13.8 Å². The lowest BCUT2D eigenvalue weighted by molar-refractivity contribution is 0.112. The monoisotopic (exact) mass is 258 g/mol. The van der Waals surface area contributed by atoms with Gasteiger partial charge in [-0.05, 0) is 27.9 Å². The molecule has 0 radical (unpaired) electrons. The van der Waals surface area contributed by atoms with E-state index >= 15 is 0 Å². The molecule has 0 bridgehead atoms. The summed E-state index contributed by atoms with van der Waals surface area (Å²) in [6.45, 7) is 3.66. The average Bonchev–Trinajstić information content (AvgIpc) is 2.02. The number of hydrogen-bond donors (Lipinski definition) is 2. The lowest BCUT2D eigenvalue weighted by atomic mass is 9.98. The average molecular weight is 259 g/mol. The van der Waals surface area contributed by atoms with Gasteiger partial charge in [0.1, 0.15) is 11.5 Å². The van der Waals surface area contributed by atoms with Crippen LogP contribution < -0.4 is 0 Å². The van der Waals surface area contributed by atoms with Gasteiger partial charge in [-0.25, -0.2) is 0 Å². The molecule has 76 valence electrons. The molecule has 0 amide bonds. The first kappa shape index (κ1) is 11.0. The summed E-state index contributed by atoms with van der Waals surface area (Å²) in [5.41, 5.74) is 0.571. The van der Waals surface area contributed by atoms with Crippen molar-refractivity contribution >= 4 is 22.2 Å². The van der Waals surface area contributed by atoms with E-state index in [1.165, 1.54) is 6.07 Å². The Bertz CT molecular complexity index is 372. The van der Waals surface area contributed by atoms with Gasteiger partial charge in [0.25, 0.3) is 0 Å². The van der Waals surface area contributed by atoms with Gasteiger partial charge in [0, 0.05) is 10.0 Å². The molecule has 0 fully saturated rings. The minimum absolute atomic E-state index is 0.00465. The highest BCUT2D eigenvalue weighted by Gasteiger charge is 2.17. The van der Waals surface area contributed by atoms with Crippen molar-refractivity contribution in [2.75, 3.05) is 0 Å². The largest absolute Gasteiger partial charge is 0.507 e. The zero-order valence-electron chi connectivity index (χ0n) is 7.91. The van der Waals surface area contributed by atoms with Gasteiger partial charge < -0.3 is 10.2 Å². The molecule has 1 aromatic rings. The zero-order valence-corrected chi connectivity index (χ0v) is 9.50. The second-order valence-corrected chi connectivity index (χ2v) is 4.18. The Morgan fingerprint density at radius 3 is 2.43 bits per heavy atom. The smallest absolute Gasteiger partial charge is 0.154 e. The first-order valence-corrected chi connectivity index (χ1v) is 4.97. The molecule has 0 atom stereocenters. The van der Waals surface area contributed by atoms with Crippen molar-refractivity contribution in [3.05, 3.63) is 21.7 Å². The molecule has 0 saturated carbocycles. The van der Waals surface area contributed by atoms with Crippen LogP contribution in [0.3, 0.4) is 0 Å². The van der Waals surface area contributed by atoms with Gasteiger partial charge in [0.05, 0.1) is 5.56 Å². The third-order valence-electron chi connectivity index (χ3n) is 2.00. The topological polar surface area (TPSA) is 57.5 Å². The summed E-state index contributed by atoms with van der Waals surface area (Å²) >= 11 is 3.09. The van der Waals surface area contributed by atoms with Crippen molar-refractivity contribution in [1.29, 1.82) is 0 Å². The number of aldehydes is 1. The summed E-state index contributed by atoms with van der Waals surface area (Å²) in [4.78, 5) is 10.7. The number of phenolic OH excluding ortho intramolecular Hbond substituents is 2. The van der Waals surface area contributed by atoms with Crippen molar-refractivity contribution in [1.82, 2.24) is 0 Å². The SMILES string of the molecule is CC(C)c1c(O)cc(Br)c(C=O)c1O. The van der Waals surface area contributed by atoms with Crippen molar-refractivity contribution in [2.24, 2.45) is 0 Å². The van der Waals surface area contributed by atoms with E-state index in [0.29, 0.717) is 16.3 Å². The number of halogens is 1. The fourth-order valence-corrected chi connectivity index (χ4v) is 1.83. The van der Waals surface area contributed by atoms with Crippen LogP contribution in [-0.4, -0.2) is 16.5 Å². The molecule has 0 saturated heterocycles. The fraction of sp³-hybridized carbons (Fsp3) is 0.300. The Labute approximate surface area is 90.5 Å². The second kappa shape index (κ2) is 4.00. The molecule has 0 aromatic heterocycles. The Hall–Kier alpha value is -1.03. The molecule has 0 heterocycles. The first-order valence-electron chi connectivity index (χ1n) is 4.18. The van der Waals surface area contributed by atoms with E-state index in [0.717, 1.165) is 0 Å². The lowest BCUT2D eigenvalue weighted by Crippen LogP contribution is -1.94. The van der Waals surface area contributed by atoms with Crippen LogP contribution in [-0.2, 0) is 0 Å². The van der Waals surface area contributed by atoms with Crippen molar-refractivity contribution < 1.29 is 15.0 Å². The molecule has 2 N–H and O–H groups in total. The number of hydrogen-bond acceptors (Lipinski definition) is 3. The molecule has 0 spiro atoms. The maximum Gasteiger partial charge on any atom is 0.154 e. The van der Waals surface area contributed by atoms with E-state index in [4.69, 9.17) is 0 Å². The van der Waals surface area contributed by atoms with E-state index in [-0.39, 0.29) is 23.0 Å².